The molecule has 8 atom stereocenters. The molecule has 5 aliphatic carbocycles. The van der Waals surface area contributed by atoms with Gasteiger partial charge in [0.05, 0.1) is 17.1 Å². The van der Waals surface area contributed by atoms with E-state index in [0.29, 0.717) is 49.5 Å². The van der Waals surface area contributed by atoms with Gasteiger partial charge in [-0.3, -0.25) is 9.59 Å². The van der Waals surface area contributed by atoms with Gasteiger partial charge in [-0.05, 0) is 57.8 Å². The van der Waals surface area contributed by atoms with Crippen LogP contribution in [0, 0.1) is 45.3 Å². The lowest BCUT2D eigenvalue weighted by atomic mass is 9.37. The molecule has 6 aliphatic rings. The van der Waals surface area contributed by atoms with Crippen LogP contribution >= 0.6 is 0 Å². The van der Waals surface area contributed by atoms with Crippen molar-refractivity contribution in [1.29, 1.82) is 5.26 Å². The Hall–Kier alpha value is -1.87. The van der Waals surface area contributed by atoms with Gasteiger partial charge in [-0.2, -0.15) is 5.26 Å². The molecule has 2 bridgehead atoms. The van der Waals surface area contributed by atoms with Crippen LogP contribution in [0.4, 0.5) is 0 Å². The maximum atomic E-state index is 13.1. The molecular weight excluding hydrogens is 404 g/mol. The first-order valence-corrected chi connectivity index (χ1v) is 12.5. The van der Waals surface area contributed by atoms with Crippen LogP contribution in [0.5, 0.6) is 0 Å². The van der Waals surface area contributed by atoms with Crippen LogP contribution in [0.1, 0.15) is 78.6 Å². The summed E-state index contributed by atoms with van der Waals surface area (Å²) in [6.45, 7) is 7.15. The monoisotopic (exact) mass is 438 g/mol. The zero-order chi connectivity index (χ0) is 22.7. The van der Waals surface area contributed by atoms with Crippen molar-refractivity contribution in [3.63, 3.8) is 0 Å². The van der Waals surface area contributed by atoms with Gasteiger partial charge in [0.1, 0.15) is 5.60 Å². The average Bonchev–Trinajstić information content (AvgIpc) is 3.38. The summed E-state index contributed by atoms with van der Waals surface area (Å²) >= 11 is 0. The van der Waals surface area contributed by atoms with E-state index in [2.05, 4.69) is 19.9 Å². The van der Waals surface area contributed by atoms with Gasteiger partial charge in [0.15, 0.2) is 5.78 Å². The van der Waals surface area contributed by atoms with E-state index in [0.717, 1.165) is 32.1 Å². The summed E-state index contributed by atoms with van der Waals surface area (Å²) in [7, 11) is 0. The topological polar surface area (TPSA) is 102 Å². The third-order valence-corrected chi connectivity index (χ3v) is 11.4. The number of ether oxygens (including phenoxy) is 2. The summed E-state index contributed by atoms with van der Waals surface area (Å²) < 4.78 is 12.9. The first-order chi connectivity index (χ1) is 15.2. The molecule has 172 valence electrons. The van der Waals surface area contributed by atoms with Crippen LogP contribution in [0.3, 0.4) is 0 Å². The summed E-state index contributed by atoms with van der Waals surface area (Å²) in [6.07, 6.45) is 6.64. The number of carbonyl (C=O) groups is 2. The van der Waals surface area contributed by atoms with Crippen molar-refractivity contribution < 1.29 is 19.1 Å². The molecule has 32 heavy (non-hydrogen) atoms. The van der Waals surface area contributed by atoms with Crippen LogP contribution in [0.25, 0.3) is 0 Å². The normalized spacial score (nSPS) is 53.2. The Balaban J connectivity index is 1.57. The molecule has 4 unspecified atom stereocenters. The highest BCUT2D eigenvalue weighted by Gasteiger charge is 2.80. The Morgan fingerprint density at radius 2 is 1.94 bits per heavy atom. The van der Waals surface area contributed by atoms with Gasteiger partial charge >= 0.3 is 5.97 Å². The fraction of sp³-hybridized carbons (Fsp3) is 0.808. The average molecular weight is 439 g/mol. The number of hydrogen-bond donors (Lipinski definition) is 1. The fourth-order valence-corrected chi connectivity index (χ4v) is 9.99. The summed E-state index contributed by atoms with van der Waals surface area (Å²) in [4.78, 5) is 25.3. The van der Waals surface area contributed by atoms with E-state index in [1.54, 1.807) is 0 Å². The molecule has 0 aromatic carbocycles. The predicted octanol–water partition coefficient (Wildman–Crippen LogP) is 3.79. The highest BCUT2D eigenvalue weighted by Crippen LogP contribution is 2.79. The van der Waals surface area contributed by atoms with E-state index in [1.165, 1.54) is 0 Å². The number of allylic oxidation sites excluding steroid dienone is 2. The maximum absolute atomic E-state index is 13.1. The molecule has 4 saturated carbocycles. The lowest BCUT2D eigenvalue weighted by Gasteiger charge is -2.68. The van der Waals surface area contributed by atoms with Crippen molar-refractivity contribution >= 4 is 11.8 Å². The fourth-order valence-electron chi connectivity index (χ4n) is 9.99. The van der Waals surface area contributed by atoms with E-state index in [9.17, 15) is 14.9 Å². The van der Waals surface area contributed by atoms with E-state index in [-0.39, 0.29) is 34.6 Å². The largest absolute Gasteiger partial charge is 0.458 e. The van der Waals surface area contributed by atoms with Crippen molar-refractivity contribution in [2.45, 2.75) is 89.8 Å². The molecule has 6 heteroatoms. The summed E-state index contributed by atoms with van der Waals surface area (Å²) in [5.74, 6) is 0.389. The maximum Gasteiger partial charge on any atom is 0.306 e. The van der Waals surface area contributed by atoms with Crippen molar-refractivity contribution in [3.05, 3.63) is 11.3 Å². The smallest absolute Gasteiger partial charge is 0.306 e. The van der Waals surface area contributed by atoms with Gasteiger partial charge in [-0.1, -0.05) is 13.8 Å². The third kappa shape index (κ3) is 1.87. The number of Topliss-reactive ketones (excluding diaryl/α,β-unsaturated/α-hetero) is 1. The van der Waals surface area contributed by atoms with E-state index < -0.39 is 16.4 Å². The quantitative estimate of drug-likeness (QED) is 0.658. The SMILES string of the molecule is CCO[C@]12CCC3(C)C(CC[C@@]34CCC(=O)O4)C1[C@@H]1C[C@]3(C#N)C(=C1N)C(=O)CCC32C. The lowest BCUT2D eigenvalue weighted by Crippen LogP contribution is -2.71. The first kappa shape index (κ1) is 20.7. The molecule has 1 spiro atoms. The van der Waals surface area contributed by atoms with Crippen molar-refractivity contribution in [2.75, 3.05) is 6.61 Å². The molecule has 0 aromatic rings. The van der Waals surface area contributed by atoms with Gasteiger partial charge < -0.3 is 15.2 Å². The Bertz CT molecular complexity index is 1010. The lowest BCUT2D eigenvalue weighted by molar-refractivity contribution is -0.275. The molecule has 6 rings (SSSR count). The number of hydrogen-bond acceptors (Lipinski definition) is 6. The number of fused-ring (bicyclic) bond motifs is 7. The molecule has 1 heterocycles. The molecule has 0 amide bonds. The van der Waals surface area contributed by atoms with Gasteiger partial charge in [-0.25, -0.2) is 0 Å². The number of nitrogens with zero attached hydrogens (tertiary/aromatic N) is 1. The third-order valence-electron chi connectivity index (χ3n) is 11.4. The minimum Gasteiger partial charge on any atom is -0.458 e. The van der Waals surface area contributed by atoms with Gasteiger partial charge in [0.2, 0.25) is 0 Å². The highest BCUT2D eigenvalue weighted by molar-refractivity contribution is 6.00. The number of nitrogens with two attached hydrogens (primary N) is 1. The molecule has 0 aromatic heterocycles. The number of nitriles is 1. The van der Waals surface area contributed by atoms with Gasteiger partial charge in [0.25, 0.3) is 0 Å². The zero-order valence-corrected chi connectivity index (χ0v) is 19.5. The van der Waals surface area contributed by atoms with E-state index >= 15 is 0 Å². The molecule has 2 N–H and O–H groups in total. The second kappa shape index (κ2) is 5.97. The highest BCUT2D eigenvalue weighted by atomic mass is 16.6. The van der Waals surface area contributed by atoms with Crippen LogP contribution in [0.15, 0.2) is 11.3 Å². The zero-order valence-electron chi connectivity index (χ0n) is 19.5. The summed E-state index contributed by atoms with van der Waals surface area (Å²) in [5.41, 5.74) is 5.74. The molecule has 1 aliphatic heterocycles. The van der Waals surface area contributed by atoms with Crippen molar-refractivity contribution in [2.24, 2.45) is 39.7 Å². The molecule has 6 nitrogen and oxygen atoms in total. The molecular formula is C26H34N2O4. The van der Waals surface area contributed by atoms with Gasteiger partial charge in [0, 0.05) is 53.4 Å². The van der Waals surface area contributed by atoms with Crippen molar-refractivity contribution in [1.82, 2.24) is 0 Å². The van der Waals surface area contributed by atoms with E-state index in [4.69, 9.17) is 15.2 Å². The Morgan fingerprint density at radius 3 is 2.59 bits per heavy atom. The predicted molar refractivity (Wildman–Crippen MR) is 116 cm³/mol. The van der Waals surface area contributed by atoms with Crippen LogP contribution < -0.4 is 5.73 Å². The minimum atomic E-state index is -0.855. The van der Waals surface area contributed by atoms with Crippen LogP contribution in [0.2, 0.25) is 0 Å². The molecule has 1 saturated heterocycles. The van der Waals surface area contributed by atoms with E-state index in [1.807, 2.05) is 6.92 Å². The summed E-state index contributed by atoms with van der Waals surface area (Å²) in [6, 6.07) is 2.64. The number of carbonyl (C=O) groups excluding carboxylic acids is 2. The van der Waals surface area contributed by atoms with Crippen molar-refractivity contribution in [3.8, 4) is 6.07 Å². The summed E-state index contributed by atoms with van der Waals surface area (Å²) in [5, 5.41) is 10.6. The number of esters is 1. The number of rotatable bonds is 2. The molecule has 5 fully saturated rings. The van der Waals surface area contributed by atoms with Gasteiger partial charge in [-0.15, -0.1) is 0 Å². The Labute approximate surface area is 189 Å². The van der Waals surface area contributed by atoms with Crippen LogP contribution in [-0.4, -0.2) is 29.6 Å². The standard InChI is InChI=1S/C26H34N2O4/c1-4-31-26-12-11-22(2)16(5-9-25(22)10-7-18(30)32-25)19(26)15-13-24(14-27)20(21(15)28)17(29)6-8-23(24,26)3/h15-16,19H,4-13,28H2,1-3H3/t15-,16?,19?,22?,23?,24-,25+,26+/m0/s1. The minimum absolute atomic E-state index is 0.0248. The second-order valence-electron chi connectivity index (χ2n) is 11.8. The molecule has 0 radical (unpaired) electrons. The van der Waals surface area contributed by atoms with Crippen LogP contribution in [-0.2, 0) is 19.1 Å². The Kier molecular flexibility index (Phi) is 3.87. The second-order valence-corrected chi connectivity index (χ2v) is 11.8. The Morgan fingerprint density at radius 1 is 1.16 bits per heavy atom. The first-order valence-electron chi connectivity index (χ1n) is 12.5. The number of ketones is 1.